The molecular formula is C19H23N7O. The Balaban J connectivity index is 1.50. The maximum absolute atomic E-state index is 12.5. The van der Waals surface area contributed by atoms with E-state index in [1.54, 1.807) is 0 Å². The highest BCUT2D eigenvalue weighted by Crippen LogP contribution is 2.26. The number of benzene rings is 1. The fourth-order valence-electron chi connectivity index (χ4n) is 3.49. The second kappa shape index (κ2) is 6.86. The number of carbonyl (C=O) groups excluding carboxylic acids is 1. The third-order valence-electron chi connectivity index (χ3n) is 4.84. The molecule has 1 aliphatic heterocycles. The summed E-state index contributed by atoms with van der Waals surface area (Å²) in [6.07, 6.45) is 0. The molecule has 0 saturated carbocycles. The normalized spacial score (nSPS) is 14.6. The first kappa shape index (κ1) is 17.3. The van der Waals surface area contributed by atoms with Crippen LogP contribution in [0.3, 0.4) is 0 Å². The van der Waals surface area contributed by atoms with Crippen molar-refractivity contribution in [3.05, 3.63) is 41.9 Å². The Labute approximate surface area is 157 Å². The minimum Gasteiger partial charge on any atom is -0.351 e. The number of hydrogen-bond acceptors (Lipinski definition) is 5. The standard InChI is InChI=1S/C19H23N7O/c1-13-16-17(24(3)23-13)18(21-14(2)20-16)25-9-11-26(12-10-25)19(27)22-15-7-5-4-6-8-15/h4-8H,9-12H2,1-3H3,(H,22,27). The second-order valence-electron chi connectivity index (χ2n) is 6.77. The first-order valence-electron chi connectivity index (χ1n) is 9.07. The molecule has 1 aromatic carbocycles. The third kappa shape index (κ3) is 3.30. The molecule has 4 rings (SSSR count). The summed E-state index contributed by atoms with van der Waals surface area (Å²) >= 11 is 0. The molecule has 0 radical (unpaired) electrons. The molecule has 1 fully saturated rings. The lowest BCUT2D eigenvalue weighted by Gasteiger charge is -2.35. The van der Waals surface area contributed by atoms with Crippen LogP contribution in [0, 0.1) is 13.8 Å². The molecule has 140 valence electrons. The molecule has 0 unspecified atom stereocenters. The largest absolute Gasteiger partial charge is 0.351 e. The third-order valence-corrected chi connectivity index (χ3v) is 4.84. The van der Waals surface area contributed by atoms with Gasteiger partial charge >= 0.3 is 6.03 Å². The molecule has 2 amide bonds. The molecule has 3 heterocycles. The molecule has 0 spiro atoms. The van der Waals surface area contributed by atoms with E-state index in [2.05, 4.69) is 25.3 Å². The zero-order valence-electron chi connectivity index (χ0n) is 15.8. The van der Waals surface area contributed by atoms with E-state index < -0.39 is 0 Å². The highest BCUT2D eigenvalue weighted by Gasteiger charge is 2.25. The summed E-state index contributed by atoms with van der Waals surface area (Å²) in [5.41, 5.74) is 3.55. The summed E-state index contributed by atoms with van der Waals surface area (Å²) < 4.78 is 1.84. The number of aromatic nitrogens is 4. The van der Waals surface area contributed by atoms with Crippen molar-refractivity contribution in [2.45, 2.75) is 13.8 Å². The van der Waals surface area contributed by atoms with E-state index in [1.807, 2.05) is 60.8 Å². The van der Waals surface area contributed by atoms with E-state index in [4.69, 9.17) is 0 Å². The SMILES string of the molecule is Cc1nc(N2CCN(C(=O)Nc3ccccc3)CC2)c2c(n1)c(C)nn2C. The van der Waals surface area contributed by atoms with Gasteiger partial charge in [0, 0.05) is 38.9 Å². The number of amides is 2. The van der Waals surface area contributed by atoms with Gasteiger partial charge in [0.25, 0.3) is 0 Å². The van der Waals surface area contributed by atoms with Gasteiger partial charge in [0.1, 0.15) is 16.9 Å². The number of anilines is 2. The van der Waals surface area contributed by atoms with E-state index >= 15 is 0 Å². The van der Waals surface area contributed by atoms with Crippen LogP contribution in [0.5, 0.6) is 0 Å². The van der Waals surface area contributed by atoms with Crippen molar-refractivity contribution in [3.63, 3.8) is 0 Å². The number of fused-ring (bicyclic) bond motifs is 1. The lowest BCUT2D eigenvalue weighted by molar-refractivity contribution is 0.208. The highest BCUT2D eigenvalue weighted by molar-refractivity contribution is 5.90. The smallest absolute Gasteiger partial charge is 0.321 e. The van der Waals surface area contributed by atoms with Crippen molar-refractivity contribution in [2.75, 3.05) is 36.4 Å². The van der Waals surface area contributed by atoms with Crippen molar-refractivity contribution >= 4 is 28.6 Å². The molecule has 1 aliphatic rings. The van der Waals surface area contributed by atoms with Gasteiger partial charge in [-0.25, -0.2) is 14.8 Å². The Morgan fingerprint density at radius 2 is 1.74 bits per heavy atom. The molecule has 2 aromatic heterocycles. The van der Waals surface area contributed by atoms with Crippen LogP contribution in [-0.4, -0.2) is 56.9 Å². The molecule has 8 heteroatoms. The predicted octanol–water partition coefficient (Wildman–Crippen LogP) is 2.33. The van der Waals surface area contributed by atoms with Crippen molar-refractivity contribution in [1.82, 2.24) is 24.6 Å². The summed E-state index contributed by atoms with van der Waals surface area (Å²) in [7, 11) is 1.92. The van der Waals surface area contributed by atoms with E-state index in [1.165, 1.54) is 0 Å². The van der Waals surface area contributed by atoms with Crippen molar-refractivity contribution in [2.24, 2.45) is 7.05 Å². The van der Waals surface area contributed by atoms with Crippen LogP contribution in [0.2, 0.25) is 0 Å². The minimum absolute atomic E-state index is 0.0683. The van der Waals surface area contributed by atoms with E-state index in [9.17, 15) is 4.79 Å². The number of piperazine rings is 1. The van der Waals surface area contributed by atoms with Gasteiger partial charge in [-0.1, -0.05) is 18.2 Å². The number of nitrogens with one attached hydrogen (secondary N) is 1. The number of carbonyl (C=O) groups is 1. The number of urea groups is 1. The molecule has 27 heavy (non-hydrogen) atoms. The van der Waals surface area contributed by atoms with Gasteiger partial charge in [0.05, 0.1) is 5.69 Å². The van der Waals surface area contributed by atoms with Crippen LogP contribution in [0.15, 0.2) is 30.3 Å². The van der Waals surface area contributed by atoms with Crippen LogP contribution in [0.4, 0.5) is 16.3 Å². The van der Waals surface area contributed by atoms with Crippen LogP contribution < -0.4 is 10.2 Å². The number of para-hydroxylation sites is 1. The average molecular weight is 365 g/mol. The Bertz CT molecular complexity index is 975. The van der Waals surface area contributed by atoms with Gasteiger partial charge in [-0.2, -0.15) is 5.10 Å². The van der Waals surface area contributed by atoms with Gasteiger partial charge in [-0.3, -0.25) is 4.68 Å². The van der Waals surface area contributed by atoms with Crippen LogP contribution >= 0.6 is 0 Å². The van der Waals surface area contributed by atoms with Crippen LogP contribution in [0.1, 0.15) is 11.5 Å². The maximum atomic E-state index is 12.5. The van der Waals surface area contributed by atoms with Crippen molar-refractivity contribution in [3.8, 4) is 0 Å². The van der Waals surface area contributed by atoms with E-state index in [-0.39, 0.29) is 6.03 Å². The minimum atomic E-state index is -0.0683. The summed E-state index contributed by atoms with van der Waals surface area (Å²) in [6, 6.07) is 9.46. The van der Waals surface area contributed by atoms with Crippen LogP contribution in [0.25, 0.3) is 11.0 Å². The number of rotatable bonds is 2. The Hall–Kier alpha value is -3.16. The zero-order chi connectivity index (χ0) is 19.0. The second-order valence-corrected chi connectivity index (χ2v) is 6.77. The van der Waals surface area contributed by atoms with E-state index in [0.29, 0.717) is 13.1 Å². The zero-order valence-corrected chi connectivity index (χ0v) is 15.8. The average Bonchev–Trinajstić information content (AvgIpc) is 2.96. The topological polar surface area (TPSA) is 79.2 Å². The summed E-state index contributed by atoms with van der Waals surface area (Å²) in [4.78, 5) is 25.8. The van der Waals surface area contributed by atoms with Gasteiger partial charge in [-0.15, -0.1) is 0 Å². The first-order valence-corrected chi connectivity index (χ1v) is 9.07. The fourth-order valence-corrected chi connectivity index (χ4v) is 3.49. The summed E-state index contributed by atoms with van der Waals surface area (Å²) in [6.45, 7) is 6.58. The Morgan fingerprint density at radius 1 is 1.04 bits per heavy atom. The summed E-state index contributed by atoms with van der Waals surface area (Å²) in [5, 5.41) is 7.44. The molecule has 3 aromatic rings. The Morgan fingerprint density at radius 3 is 2.44 bits per heavy atom. The maximum Gasteiger partial charge on any atom is 0.321 e. The first-order chi connectivity index (χ1) is 13.0. The lowest BCUT2D eigenvalue weighted by Crippen LogP contribution is -2.50. The van der Waals surface area contributed by atoms with Crippen molar-refractivity contribution < 1.29 is 4.79 Å². The van der Waals surface area contributed by atoms with Gasteiger partial charge < -0.3 is 15.1 Å². The molecular weight excluding hydrogens is 342 g/mol. The number of hydrogen-bond donors (Lipinski definition) is 1. The summed E-state index contributed by atoms with van der Waals surface area (Å²) in [5.74, 6) is 1.63. The van der Waals surface area contributed by atoms with E-state index in [0.717, 1.165) is 47.1 Å². The molecule has 1 N–H and O–H groups in total. The molecule has 0 bridgehead atoms. The number of aryl methyl sites for hydroxylation is 3. The van der Waals surface area contributed by atoms with Crippen molar-refractivity contribution in [1.29, 1.82) is 0 Å². The molecule has 1 saturated heterocycles. The van der Waals surface area contributed by atoms with Gasteiger partial charge in [0.2, 0.25) is 0 Å². The quantitative estimate of drug-likeness (QED) is 0.754. The van der Waals surface area contributed by atoms with Crippen LogP contribution in [-0.2, 0) is 7.05 Å². The van der Waals surface area contributed by atoms with Gasteiger partial charge in [-0.05, 0) is 26.0 Å². The number of nitrogens with zero attached hydrogens (tertiary/aromatic N) is 6. The van der Waals surface area contributed by atoms with Gasteiger partial charge in [0.15, 0.2) is 5.82 Å². The fraction of sp³-hybridized carbons (Fsp3) is 0.368. The molecule has 8 nitrogen and oxygen atoms in total. The molecule has 0 atom stereocenters. The lowest BCUT2D eigenvalue weighted by atomic mass is 10.2. The predicted molar refractivity (Wildman–Crippen MR) is 105 cm³/mol. The molecule has 0 aliphatic carbocycles. The Kier molecular flexibility index (Phi) is 4.39. The monoisotopic (exact) mass is 365 g/mol. The highest BCUT2D eigenvalue weighted by atomic mass is 16.2.